The number of nitrogens with one attached hydrogen (secondary N) is 1. The largest absolute Gasteiger partial charge is 0.312 e. The first-order valence-electron chi connectivity index (χ1n) is 5.86. The van der Waals surface area contributed by atoms with Gasteiger partial charge in [-0.05, 0) is 42.9 Å². The van der Waals surface area contributed by atoms with Crippen LogP contribution in [0.2, 0.25) is 5.02 Å². The van der Waals surface area contributed by atoms with E-state index in [1.165, 1.54) is 18.9 Å². The Morgan fingerprint density at radius 3 is 2.76 bits per heavy atom. The second kappa shape index (κ2) is 5.55. The Labute approximate surface area is 111 Å². The first-order chi connectivity index (χ1) is 8.15. The number of hydrogen-bond acceptors (Lipinski definition) is 1. The summed E-state index contributed by atoms with van der Waals surface area (Å²) in [5.41, 5.74) is 0.996. The molecule has 1 aromatic carbocycles. The fraction of sp³-hybridized carbons (Fsp3) is 0.538. The molecular formula is C13H16Cl2FN. The Kier molecular flexibility index (Phi) is 4.29. The van der Waals surface area contributed by atoms with Crippen LogP contribution in [-0.2, 0) is 6.54 Å². The van der Waals surface area contributed by atoms with Crippen LogP contribution in [0.5, 0.6) is 0 Å². The molecule has 1 N–H and O–H groups in total. The molecule has 0 heterocycles. The maximum Gasteiger partial charge on any atom is 0.127 e. The van der Waals surface area contributed by atoms with E-state index < -0.39 is 0 Å². The topological polar surface area (TPSA) is 12.0 Å². The Bertz CT molecular complexity index is 391. The third-order valence-corrected chi connectivity index (χ3v) is 3.83. The smallest absolute Gasteiger partial charge is 0.127 e. The van der Waals surface area contributed by atoms with Crippen molar-refractivity contribution in [3.05, 3.63) is 34.6 Å². The molecular weight excluding hydrogens is 260 g/mol. The second-order valence-electron chi connectivity index (χ2n) is 4.78. The standard InChI is InChI=1S/C13H16Cl2FN/c14-6-5-13(3-4-13)9-17-8-10-7-11(15)1-2-12(10)16/h1-2,7,17H,3-6,8-9H2. The van der Waals surface area contributed by atoms with Gasteiger partial charge in [0.2, 0.25) is 0 Å². The van der Waals surface area contributed by atoms with Gasteiger partial charge in [0.15, 0.2) is 0 Å². The average molecular weight is 276 g/mol. The van der Waals surface area contributed by atoms with Gasteiger partial charge < -0.3 is 5.32 Å². The van der Waals surface area contributed by atoms with Crippen molar-refractivity contribution in [3.63, 3.8) is 0 Å². The number of rotatable bonds is 6. The van der Waals surface area contributed by atoms with E-state index in [4.69, 9.17) is 23.2 Å². The molecule has 0 radical (unpaired) electrons. The van der Waals surface area contributed by atoms with Crippen LogP contribution in [0.1, 0.15) is 24.8 Å². The third-order valence-electron chi connectivity index (χ3n) is 3.41. The lowest BCUT2D eigenvalue weighted by Gasteiger charge is -2.14. The highest BCUT2D eigenvalue weighted by atomic mass is 35.5. The fourth-order valence-electron chi connectivity index (χ4n) is 2.03. The average Bonchev–Trinajstić information content (AvgIpc) is 3.04. The number of benzene rings is 1. The molecule has 1 aliphatic rings. The van der Waals surface area contributed by atoms with E-state index >= 15 is 0 Å². The van der Waals surface area contributed by atoms with Crippen LogP contribution in [0.15, 0.2) is 18.2 Å². The molecule has 1 saturated carbocycles. The van der Waals surface area contributed by atoms with Gasteiger partial charge in [0, 0.05) is 29.6 Å². The zero-order valence-corrected chi connectivity index (χ0v) is 11.1. The SMILES string of the molecule is Fc1ccc(Cl)cc1CNCC1(CCCl)CC1. The van der Waals surface area contributed by atoms with Crippen LogP contribution in [0.4, 0.5) is 4.39 Å². The van der Waals surface area contributed by atoms with Gasteiger partial charge in [-0.2, -0.15) is 0 Å². The Morgan fingerprint density at radius 1 is 1.35 bits per heavy atom. The quantitative estimate of drug-likeness (QED) is 0.775. The lowest BCUT2D eigenvalue weighted by atomic mass is 10.0. The van der Waals surface area contributed by atoms with Crippen LogP contribution in [-0.4, -0.2) is 12.4 Å². The van der Waals surface area contributed by atoms with E-state index in [0.717, 1.165) is 13.0 Å². The summed E-state index contributed by atoms with van der Waals surface area (Å²) in [6, 6.07) is 4.65. The predicted molar refractivity (Wildman–Crippen MR) is 70.1 cm³/mol. The molecule has 1 aliphatic carbocycles. The number of hydrogen-bond donors (Lipinski definition) is 1. The van der Waals surface area contributed by atoms with Crippen LogP contribution in [0, 0.1) is 11.2 Å². The van der Waals surface area contributed by atoms with E-state index in [1.807, 2.05) is 0 Å². The molecule has 1 fully saturated rings. The number of alkyl halides is 1. The fourth-order valence-corrected chi connectivity index (χ4v) is 2.63. The van der Waals surface area contributed by atoms with Crippen molar-refractivity contribution in [1.82, 2.24) is 5.32 Å². The van der Waals surface area contributed by atoms with Gasteiger partial charge in [0.25, 0.3) is 0 Å². The Hall–Kier alpha value is -0.310. The predicted octanol–water partition coefficient (Wildman–Crippen LogP) is 3.98. The highest BCUT2D eigenvalue weighted by Gasteiger charge is 2.41. The first kappa shape index (κ1) is 13.1. The molecule has 0 unspecified atom stereocenters. The van der Waals surface area contributed by atoms with Crippen molar-refractivity contribution in [2.75, 3.05) is 12.4 Å². The molecule has 0 atom stereocenters. The van der Waals surface area contributed by atoms with E-state index in [-0.39, 0.29) is 5.82 Å². The normalized spacial score (nSPS) is 17.1. The second-order valence-corrected chi connectivity index (χ2v) is 5.59. The molecule has 94 valence electrons. The van der Waals surface area contributed by atoms with Crippen molar-refractivity contribution >= 4 is 23.2 Å². The minimum atomic E-state index is -0.205. The Balaban J connectivity index is 1.84. The maximum atomic E-state index is 13.4. The summed E-state index contributed by atoms with van der Waals surface area (Å²) in [6.07, 6.45) is 3.50. The summed E-state index contributed by atoms with van der Waals surface area (Å²) in [6.45, 7) is 1.43. The van der Waals surface area contributed by atoms with E-state index in [0.29, 0.717) is 28.4 Å². The zero-order valence-electron chi connectivity index (χ0n) is 9.61. The summed E-state index contributed by atoms with van der Waals surface area (Å²) in [5, 5.41) is 3.87. The molecule has 0 saturated heterocycles. The molecule has 0 amide bonds. The molecule has 1 aromatic rings. The Morgan fingerprint density at radius 2 is 2.12 bits per heavy atom. The van der Waals surface area contributed by atoms with E-state index in [9.17, 15) is 4.39 Å². The number of halogens is 3. The third kappa shape index (κ3) is 3.57. The van der Waals surface area contributed by atoms with Crippen molar-refractivity contribution in [1.29, 1.82) is 0 Å². The minimum Gasteiger partial charge on any atom is -0.312 e. The first-order valence-corrected chi connectivity index (χ1v) is 6.77. The van der Waals surface area contributed by atoms with Crippen molar-refractivity contribution in [2.24, 2.45) is 5.41 Å². The van der Waals surface area contributed by atoms with Gasteiger partial charge in [-0.15, -0.1) is 11.6 Å². The van der Waals surface area contributed by atoms with Gasteiger partial charge in [0.05, 0.1) is 0 Å². The van der Waals surface area contributed by atoms with Crippen molar-refractivity contribution in [2.45, 2.75) is 25.8 Å². The van der Waals surface area contributed by atoms with Gasteiger partial charge in [-0.25, -0.2) is 4.39 Å². The molecule has 0 spiro atoms. The molecule has 17 heavy (non-hydrogen) atoms. The molecule has 0 aromatic heterocycles. The van der Waals surface area contributed by atoms with Crippen LogP contribution in [0.25, 0.3) is 0 Å². The van der Waals surface area contributed by atoms with Gasteiger partial charge in [0.1, 0.15) is 5.82 Å². The van der Waals surface area contributed by atoms with Crippen molar-refractivity contribution < 1.29 is 4.39 Å². The van der Waals surface area contributed by atoms with Crippen LogP contribution in [0.3, 0.4) is 0 Å². The summed E-state index contributed by atoms with van der Waals surface area (Å²) in [7, 11) is 0. The van der Waals surface area contributed by atoms with Gasteiger partial charge >= 0.3 is 0 Å². The maximum absolute atomic E-state index is 13.4. The highest BCUT2D eigenvalue weighted by Crippen LogP contribution is 2.48. The molecule has 0 aliphatic heterocycles. The summed E-state index contributed by atoms with van der Waals surface area (Å²) in [4.78, 5) is 0. The summed E-state index contributed by atoms with van der Waals surface area (Å²) < 4.78 is 13.4. The minimum absolute atomic E-state index is 0.205. The monoisotopic (exact) mass is 275 g/mol. The van der Waals surface area contributed by atoms with E-state index in [2.05, 4.69) is 5.32 Å². The lowest BCUT2D eigenvalue weighted by Crippen LogP contribution is -2.24. The van der Waals surface area contributed by atoms with E-state index in [1.54, 1.807) is 12.1 Å². The van der Waals surface area contributed by atoms with Crippen LogP contribution >= 0.6 is 23.2 Å². The highest BCUT2D eigenvalue weighted by molar-refractivity contribution is 6.30. The van der Waals surface area contributed by atoms with Crippen molar-refractivity contribution in [3.8, 4) is 0 Å². The zero-order chi connectivity index (χ0) is 12.3. The van der Waals surface area contributed by atoms with Crippen LogP contribution < -0.4 is 5.32 Å². The molecule has 2 rings (SSSR count). The lowest BCUT2D eigenvalue weighted by molar-refractivity contribution is 0.442. The molecule has 0 bridgehead atoms. The summed E-state index contributed by atoms with van der Waals surface area (Å²) in [5.74, 6) is 0.497. The summed E-state index contributed by atoms with van der Waals surface area (Å²) >= 11 is 11.6. The van der Waals surface area contributed by atoms with Gasteiger partial charge in [-0.3, -0.25) is 0 Å². The van der Waals surface area contributed by atoms with Gasteiger partial charge in [-0.1, -0.05) is 11.6 Å². The molecule has 4 heteroatoms. The molecule has 1 nitrogen and oxygen atoms in total.